The number of hydrogen-bond acceptors (Lipinski definition) is 4. The Morgan fingerprint density at radius 1 is 0.939 bits per heavy atom. The van der Waals surface area contributed by atoms with Gasteiger partial charge in [0.15, 0.2) is 0 Å². The Morgan fingerprint density at radius 2 is 1.73 bits per heavy atom. The third-order valence-electron chi connectivity index (χ3n) is 6.42. The molecule has 0 spiro atoms. The molecule has 3 aromatic carbocycles. The van der Waals surface area contributed by atoms with Crippen molar-refractivity contribution in [2.24, 2.45) is 5.92 Å². The lowest BCUT2D eigenvalue weighted by molar-refractivity contribution is -0.111. The van der Waals surface area contributed by atoms with E-state index in [0.29, 0.717) is 65.2 Å². The number of benzene rings is 3. The van der Waals surface area contributed by atoms with Crippen LogP contribution in [-0.4, -0.2) is 31.1 Å². The minimum absolute atomic E-state index is 0.0345. The molecule has 0 bridgehead atoms. The topological polar surface area (TPSA) is 49.8 Å². The van der Waals surface area contributed by atoms with E-state index in [1.165, 1.54) is 24.3 Å². The molecule has 2 aliphatic rings. The zero-order valence-electron chi connectivity index (χ0n) is 17.9. The smallest absolute Gasteiger partial charge is 0.147 e. The van der Waals surface area contributed by atoms with Gasteiger partial charge in [0.2, 0.25) is 0 Å². The Kier molecular flexibility index (Phi) is 5.58. The number of phenolic OH excluding ortho intramolecular Hbond substituents is 1. The standard InChI is InChI=1S/C27H23F2NO3/c28-23-4-2-1-3-20(23)22-16-33-26-14-19(32)6-7-21(26)27(22)18-5-8-25(24(29)13-18)30-11-9-17(15-31)10-12-30/h1-8,13-15,17,32H,9-12,16H2. The van der Waals surface area contributed by atoms with E-state index < -0.39 is 0 Å². The van der Waals surface area contributed by atoms with E-state index in [2.05, 4.69) is 0 Å². The predicted octanol–water partition coefficient (Wildman–Crippen LogP) is 5.44. The third kappa shape index (κ3) is 3.97. The summed E-state index contributed by atoms with van der Waals surface area (Å²) < 4.78 is 35.9. The molecule has 1 fully saturated rings. The summed E-state index contributed by atoms with van der Waals surface area (Å²) >= 11 is 0. The highest BCUT2D eigenvalue weighted by atomic mass is 19.1. The SMILES string of the molecule is O=CC1CCN(c2ccc(C3=C(c4ccccc4F)COc4cc(O)ccc43)cc2F)CC1. The number of fused-ring (bicyclic) bond motifs is 1. The monoisotopic (exact) mass is 447 g/mol. The minimum Gasteiger partial charge on any atom is -0.508 e. The molecule has 0 aromatic heterocycles. The maximum absolute atomic E-state index is 15.3. The van der Waals surface area contributed by atoms with Crippen LogP contribution in [0, 0.1) is 17.6 Å². The first kappa shape index (κ1) is 21.2. The van der Waals surface area contributed by atoms with Crippen LogP contribution < -0.4 is 9.64 Å². The average molecular weight is 447 g/mol. The molecular formula is C27H23F2NO3. The van der Waals surface area contributed by atoms with Crippen molar-refractivity contribution in [3.05, 3.63) is 89.0 Å². The first-order valence-corrected chi connectivity index (χ1v) is 11.0. The summed E-state index contributed by atoms with van der Waals surface area (Å²) in [5, 5.41) is 9.89. The van der Waals surface area contributed by atoms with E-state index in [9.17, 15) is 14.3 Å². The number of hydrogen-bond donors (Lipinski definition) is 1. The zero-order chi connectivity index (χ0) is 22.9. The summed E-state index contributed by atoms with van der Waals surface area (Å²) in [4.78, 5) is 13.0. The van der Waals surface area contributed by atoms with Crippen LogP contribution in [0.1, 0.15) is 29.5 Å². The van der Waals surface area contributed by atoms with Crippen molar-refractivity contribution in [3.63, 3.8) is 0 Å². The number of aromatic hydroxyl groups is 1. The van der Waals surface area contributed by atoms with Crippen LogP contribution in [0.3, 0.4) is 0 Å². The number of piperidine rings is 1. The highest BCUT2D eigenvalue weighted by molar-refractivity contribution is 6.02. The summed E-state index contributed by atoms with van der Waals surface area (Å²) in [5.41, 5.74) is 3.45. The summed E-state index contributed by atoms with van der Waals surface area (Å²) in [6.07, 6.45) is 2.40. The second-order valence-electron chi connectivity index (χ2n) is 8.43. The quantitative estimate of drug-likeness (QED) is 0.542. The highest BCUT2D eigenvalue weighted by Gasteiger charge is 2.26. The number of carbonyl (C=O) groups excluding carboxylic acids is 1. The van der Waals surface area contributed by atoms with Crippen LogP contribution in [-0.2, 0) is 4.79 Å². The van der Waals surface area contributed by atoms with Gasteiger partial charge in [0.1, 0.15) is 36.0 Å². The fourth-order valence-corrected chi connectivity index (χ4v) is 4.67. The number of carbonyl (C=O) groups is 1. The molecular weight excluding hydrogens is 424 g/mol. The largest absolute Gasteiger partial charge is 0.508 e. The van der Waals surface area contributed by atoms with Gasteiger partial charge in [0, 0.05) is 47.3 Å². The molecule has 0 aliphatic carbocycles. The van der Waals surface area contributed by atoms with Crippen LogP contribution in [0.5, 0.6) is 11.5 Å². The minimum atomic E-state index is -0.383. The van der Waals surface area contributed by atoms with Crippen molar-refractivity contribution in [1.82, 2.24) is 0 Å². The summed E-state index contributed by atoms with van der Waals surface area (Å²) in [7, 11) is 0. The molecule has 1 N–H and O–H groups in total. The second-order valence-corrected chi connectivity index (χ2v) is 8.43. The Labute approximate surface area is 190 Å². The van der Waals surface area contributed by atoms with Crippen molar-refractivity contribution in [1.29, 1.82) is 0 Å². The van der Waals surface area contributed by atoms with Gasteiger partial charge in [-0.05, 0) is 48.7 Å². The average Bonchev–Trinajstić information content (AvgIpc) is 2.84. The van der Waals surface area contributed by atoms with E-state index in [-0.39, 0.29) is 29.9 Å². The maximum Gasteiger partial charge on any atom is 0.147 e. The van der Waals surface area contributed by atoms with Crippen molar-refractivity contribution < 1.29 is 23.4 Å². The molecule has 6 heteroatoms. The lowest BCUT2D eigenvalue weighted by Gasteiger charge is -2.32. The first-order chi connectivity index (χ1) is 16.0. The molecule has 2 heterocycles. The predicted molar refractivity (Wildman–Crippen MR) is 123 cm³/mol. The van der Waals surface area contributed by atoms with E-state index in [0.717, 1.165) is 6.29 Å². The molecule has 0 amide bonds. The molecule has 2 aliphatic heterocycles. The summed E-state index contributed by atoms with van der Waals surface area (Å²) in [6.45, 7) is 1.34. The fraction of sp³-hybridized carbons (Fsp3) is 0.222. The molecule has 0 radical (unpaired) electrons. The molecule has 4 nitrogen and oxygen atoms in total. The molecule has 33 heavy (non-hydrogen) atoms. The number of ether oxygens (including phenoxy) is 1. The number of aldehydes is 1. The van der Waals surface area contributed by atoms with Gasteiger partial charge in [-0.2, -0.15) is 0 Å². The van der Waals surface area contributed by atoms with Crippen LogP contribution in [0.15, 0.2) is 60.7 Å². The Balaban J connectivity index is 1.61. The Morgan fingerprint density at radius 3 is 2.45 bits per heavy atom. The second kappa shape index (κ2) is 8.70. The molecule has 0 saturated carbocycles. The van der Waals surface area contributed by atoms with Gasteiger partial charge >= 0.3 is 0 Å². The van der Waals surface area contributed by atoms with E-state index in [1.807, 2.05) is 11.0 Å². The lowest BCUT2D eigenvalue weighted by Crippen LogP contribution is -2.34. The molecule has 5 rings (SSSR count). The lowest BCUT2D eigenvalue weighted by atomic mass is 9.87. The van der Waals surface area contributed by atoms with Crippen LogP contribution in [0.25, 0.3) is 11.1 Å². The summed E-state index contributed by atoms with van der Waals surface area (Å²) in [5.74, 6) is -0.198. The van der Waals surface area contributed by atoms with E-state index in [4.69, 9.17) is 4.74 Å². The van der Waals surface area contributed by atoms with Gasteiger partial charge in [-0.15, -0.1) is 0 Å². The highest BCUT2D eigenvalue weighted by Crippen LogP contribution is 2.43. The zero-order valence-corrected chi connectivity index (χ0v) is 17.9. The Hall–Kier alpha value is -3.67. The van der Waals surface area contributed by atoms with E-state index >= 15 is 4.39 Å². The first-order valence-electron chi connectivity index (χ1n) is 11.0. The van der Waals surface area contributed by atoms with Crippen molar-refractivity contribution in [3.8, 4) is 11.5 Å². The van der Waals surface area contributed by atoms with Gasteiger partial charge in [-0.3, -0.25) is 0 Å². The fourth-order valence-electron chi connectivity index (χ4n) is 4.67. The number of anilines is 1. The molecule has 3 aromatic rings. The van der Waals surface area contributed by atoms with E-state index in [1.54, 1.807) is 30.3 Å². The maximum atomic E-state index is 15.3. The third-order valence-corrected chi connectivity index (χ3v) is 6.42. The van der Waals surface area contributed by atoms with Crippen molar-refractivity contribution >= 4 is 23.1 Å². The van der Waals surface area contributed by atoms with Gasteiger partial charge in [-0.1, -0.05) is 24.3 Å². The number of rotatable bonds is 4. The number of halogens is 2. The number of nitrogens with zero attached hydrogens (tertiary/aromatic N) is 1. The number of phenols is 1. The molecule has 1 saturated heterocycles. The van der Waals surface area contributed by atoms with Gasteiger partial charge < -0.3 is 19.5 Å². The van der Waals surface area contributed by atoms with Crippen LogP contribution >= 0.6 is 0 Å². The Bertz CT molecular complexity index is 1250. The van der Waals surface area contributed by atoms with Crippen LogP contribution in [0.2, 0.25) is 0 Å². The molecule has 0 atom stereocenters. The normalized spacial score (nSPS) is 16.4. The van der Waals surface area contributed by atoms with Crippen molar-refractivity contribution in [2.75, 3.05) is 24.6 Å². The van der Waals surface area contributed by atoms with Crippen LogP contribution in [0.4, 0.5) is 14.5 Å². The van der Waals surface area contributed by atoms with Gasteiger partial charge in [0.25, 0.3) is 0 Å². The van der Waals surface area contributed by atoms with Gasteiger partial charge in [-0.25, -0.2) is 8.78 Å². The molecule has 168 valence electrons. The summed E-state index contributed by atoms with van der Waals surface area (Å²) in [6, 6.07) is 16.2. The van der Waals surface area contributed by atoms with Crippen molar-refractivity contribution in [2.45, 2.75) is 12.8 Å². The molecule has 0 unspecified atom stereocenters. The van der Waals surface area contributed by atoms with Gasteiger partial charge in [0.05, 0.1) is 5.69 Å².